The normalized spacial score (nSPS) is 26.6. The van der Waals surface area contributed by atoms with E-state index in [0.29, 0.717) is 11.3 Å². The predicted molar refractivity (Wildman–Crippen MR) is 124 cm³/mol. The molecule has 1 heterocycles. The van der Waals surface area contributed by atoms with Gasteiger partial charge in [-0.1, -0.05) is 48.5 Å². The maximum absolute atomic E-state index is 14.0. The van der Waals surface area contributed by atoms with Gasteiger partial charge in [-0.15, -0.1) is 11.6 Å². The number of nitrogens with zero attached hydrogens (tertiary/aromatic N) is 1. The molecule has 1 saturated heterocycles. The summed E-state index contributed by atoms with van der Waals surface area (Å²) in [5.41, 5.74) is 4.41. The lowest BCUT2D eigenvalue weighted by atomic mass is 9.54. The Morgan fingerprint density at radius 3 is 2.12 bits per heavy atom. The SMILES string of the molecule is COc1ccc(C(C)=O)cc1N1C(=O)[C@@H]2C3c4ccccc4C(Cl)(c4ccccc43)[C@H]2C1=O. The molecule has 1 aliphatic heterocycles. The highest BCUT2D eigenvalue weighted by molar-refractivity contribution is 6.33. The Labute approximate surface area is 195 Å². The van der Waals surface area contributed by atoms with Crippen LogP contribution in [0.15, 0.2) is 66.7 Å². The third-order valence-corrected chi connectivity index (χ3v) is 7.98. The second-order valence-corrected chi connectivity index (χ2v) is 9.42. The van der Waals surface area contributed by atoms with E-state index in [-0.39, 0.29) is 29.2 Å². The van der Waals surface area contributed by atoms with Gasteiger partial charge in [-0.2, -0.15) is 0 Å². The molecule has 0 spiro atoms. The van der Waals surface area contributed by atoms with Crippen molar-refractivity contribution in [1.82, 2.24) is 0 Å². The van der Waals surface area contributed by atoms with E-state index in [1.807, 2.05) is 48.5 Å². The quantitative estimate of drug-likeness (QED) is 0.326. The molecule has 3 aliphatic carbocycles. The number of ether oxygens (including phenoxy) is 1. The van der Waals surface area contributed by atoms with Crippen molar-refractivity contribution < 1.29 is 19.1 Å². The fourth-order valence-corrected chi connectivity index (χ4v) is 6.57. The van der Waals surface area contributed by atoms with Crippen LogP contribution in [-0.4, -0.2) is 24.7 Å². The number of carbonyl (C=O) groups excluding carboxylic acids is 3. The number of hydrogen-bond acceptors (Lipinski definition) is 4. The first kappa shape index (κ1) is 20.2. The molecule has 5 nitrogen and oxygen atoms in total. The zero-order valence-electron chi connectivity index (χ0n) is 18.0. The number of Topliss-reactive ketones (excluding diaryl/α,β-unsaturated/α-hetero) is 1. The summed E-state index contributed by atoms with van der Waals surface area (Å²) in [6, 6.07) is 20.4. The van der Waals surface area contributed by atoms with Crippen LogP contribution in [-0.2, 0) is 14.5 Å². The molecule has 7 rings (SSSR count). The zero-order valence-corrected chi connectivity index (χ0v) is 18.8. The molecule has 2 atom stereocenters. The van der Waals surface area contributed by atoms with E-state index in [2.05, 4.69) is 0 Å². The van der Waals surface area contributed by atoms with Crippen LogP contribution in [0.3, 0.4) is 0 Å². The highest BCUT2D eigenvalue weighted by Crippen LogP contribution is 2.66. The van der Waals surface area contributed by atoms with E-state index in [1.54, 1.807) is 18.2 Å². The minimum atomic E-state index is -1.15. The fraction of sp³-hybridized carbons (Fsp3) is 0.222. The van der Waals surface area contributed by atoms with Gasteiger partial charge in [0.2, 0.25) is 11.8 Å². The average molecular weight is 458 g/mol. The third kappa shape index (κ3) is 2.40. The molecule has 3 aromatic carbocycles. The molecule has 2 bridgehead atoms. The van der Waals surface area contributed by atoms with Crippen LogP contribution in [0.25, 0.3) is 0 Å². The van der Waals surface area contributed by atoms with Crippen molar-refractivity contribution in [1.29, 1.82) is 0 Å². The van der Waals surface area contributed by atoms with Crippen LogP contribution < -0.4 is 9.64 Å². The van der Waals surface area contributed by atoms with E-state index in [4.69, 9.17) is 16.3 Å². The second-order valence-electron chi connectivity index (χ2n) is 8.82. The van der Waals surface area contributed by atoms with Crippen LogP contribution >= 0.6 is 11.6 Å². The minimum Gasteiger partial charge on any atom is -0.495 e. The monoisotopic (exact) mass is 457 g/mol. The van der Waals surface area contributed by atoms with Crippen molar-refractivity contribution in [2.45, 2.75) is 17.7 Å². The summed E-state index contributed by atoms with van der Waals surface area (Å²) >= 11 is 7.44. The molecule has 2 amide bonds. The van der Waals surface area contributed by atoms with Crippen LogP contribution in [0.1, 0.15) is 45.5 Å². The van der Waals surface area contributed by atoms with Crippen LogP contribution in [0.4, 0.5) is 5.69 Å². The van der Waals surface area contributed by atoms with E-state index >= 15 is 0 Å². The molecule has 3 aromatic rings. The Kier molecular flexibility index (Phi) is 4.15. The summed E-state index contributed by atoms with van der Waals surface area (Å²) < 4.78 is 5.47. The molecule has 1 fully saturated rings. The number of ketones is 1. The summed E-state index contributed by atoms with van der Waals surface area (Å²) in [4.78, 5) is 40.0. The number of halogens is 1. The minimum absolute atomic E-state index is 0.163. The van der Waals surface area contributed by atoms with Crippen LogP contribution in [0, 0.1) is 11.8 Å². The van der Waals surface area contributed by atoms with E-state index in [0.717, 1.165) is 22.3 Å². The number of alkyl halides is 1. The van der Waals surface area contributed by atoms with Gasteiger partial charge in [0, 0.05) is 11.5 Å². The number of hydrogen-bond donors (Lipinski definition) is 0. The summed E-state index contributed by atoms with van der Waals surface area (Å²) in [5, 5.41) is 0. The Morgan fingerprint density at radius 1 is 0.939 bits per heavy atom. The van der Waals surface area contributed by atoms with Gasteiger partial charge in [-0.05, 0) is 47.4 Å². The number of carbonyl (C=O) groups is 3. The highest BCUT2D eigenvalue weighted by Gasteiger charge is 2.68. The number of imide groups is 1. The second kappa shape index (κ2) is 6.78. The fourth-order valence-electron chi connectivity index (χ4n) is 6.00. The highest BCUT2D eigenvalue weighted by atomic mass is 35.5. The van der Waals surface area contributed by atoms with Gasteiger partial charge >= 0.3 is 0 Å². The smallest absolute Gasteiger partial charge is 0.240 e. The summed E-state index contributed by atoms with van der Waals surface area (Å²) in [6.07, 6.45) is 0. The predicted octanol–water partition coefficient (Wildman–Crippen LogP) is 4.64. The standard InChI is InChI=1S/C27H20ClNO4/c1-14(30)15-11-12-21(33-2)20(13-15)29-25(31)23-22-16-7-3-5-9-18(16)27(28,24(23)26(29)32)19-10-6-4-8-17(19)22/h3-13,22-24H,1-2H3/t22?,23-,24-,27?/m1/s1. The molecule has 6 heteroatoms. The van der Waals surface area contributed by atoms with Crippen molar-refractivity contribution in [3.63, 3.8) is 0 Å². The molecule has 33 heavy (non-hydrogen) atoms. The lowest BCUT2D eigenvalue weighted by molar-refractivity contribution is -0.122. The maximum Gasteiger partial charge on any atom is 0.240 e. The molecule has 4 aliphatic rings. The molecule has 0 unspecified atom stereocenters. The van der Waals surface area contributed by atoms with E-state index < -0.39 is 16.7 Å². The van der Waals surface area contributed by atoms with Crippen molar-refractivity contribution in [2.75, 3.05) is 12.0 Å². The number of methoxy groups -OCH3 is 1. The van der Waals surface area contributed by atoms with Crippen LogP contribution in [0.2, 0.25) is 0 Å². The number of benzene rings is 3. The van der Waals surface area contributed by atoms with E-state index in [9.17, 15) is 14.4 Å². The lowest BCUT2D eigenvalue weighted by Crippen LogP contribution is -2.50. The van der Waals surface area contributed by atoms with Crippen molar-refractivity contribution in [3.8, 4) is 5.75 Å². The first-order chi connectivity index (χ1) is 15.9. The van der Waals surface area contributed by atoms with Gasteiger partial charge in [0.05, 0.1) is 24.6 Å². The first-order valence-electron chi connectivity index (χ1n) is 10.8. The van der Waals surface area contributed by atoms with E-state index in [1.165, 1.54) is 18.9 Å². The summed E-state index contributed by atoms with van der Waals surface area (Å²) in [6.45, 7) is 1.44. The Morgan fingerprint density at radius 2 is 1.55 bits per heavy atom. The van der Waals surface area contributed by atoms with Gasteiger partial charge in [-0.3, -0.25) is 14.4 Å². The van der Waals surface area contributed by atoms with Gasteiger partial charge in [0.25, 0.3) is 0 Å². The average Bonchev–Trinajstić information content (AvgIpc) is 3.10. The van der Waals surface area contributed by atoms with Crippen LogP contribution in [0.5, 0.6) is 5.75 Å². The maximum atomic E-state index is 14.0. The number of rotatable bonds is 3. The van der Waals surface area contributed by atoms with Gasteiger partial charge in [0.1, 0.15) is 10.6 Å². The number of anilines is 1. The largest absolute Gasteiger partial charge is 0.495 e. The van der Waals surface area contributed by atoms with Gasteiger partial charge in [0.15, 0.2) is 5.78 Å². The molecular weight excluding hydrogens is 438 g/mol. The zero-order chi connectivity index (χ0) is 23.1. The van der Waals surface area contributed by atoms with Crippen molar-refractivity contribution >= 4 is 34.9 Å². The molecule has 0 N–H and O–H groups in total. The lowest BCUT2D eigenvalue weighted by Gasteiger charge is -2.50. The summed E-state index contributed by atoms with van der Waals surface area (Å²) in [5.74, 6) is -2.16. The Bertz CT molecular complexity index is 1330. The Hall–Kier alpha value is -3.44. The first-order valence-corrected chi connectivity index (χ1v) is 11.2. The molecular formula is C27H20ClNO4. The van der Waals surface area contributed by atoms with Crippen molar-refractivity contribution in [2.24, 2.45) is 11.8 Å². The topological polar surface area (TPSA) is 63.7 Å². The summed E-state index contributed by atoms with van der Waals surface area (Å²) in [7, 11) is 1.47. The van der Waals surface area contributed by atoms with Crippen molar-refractivity contribution in [3.05, 3.63) is 94.5 Å². The molecule has 164 valence electrons. The Balaban J connectivity index is 1.59. The molecule has 0 saturated carbocycles. The van der Waals surface area contributed by atoms with Gasteiger partial charge < -0.3 is 4.74 Å². The molecule has 0 radical (unpaired) electrons. The number of amides is 2. The van der Waals surface area contributed by atoms with Gasteiger partial charge in [-0.25, -0.2) is 4.90 Å². The third-order valence-electron chi connectivity index (χ3n) is 7.34. The molecule has 0 aromatic heterocycles.